The van der Waals surface area contributed by atoms with Crippen LogP contribution in [0, 0.1) is 0 Å². The second-order valence-electron chi connectivity index (χ2n) is 2.84. The van der Waals surface area contributed by atoms with Crippen LogP contribution in [0.5, 0.6) is 0 Å². The van der Waals surface area contributed by atoms with E-state index in [-0.39, 0.29) is 5.95 Å². The summed E-state index contributed by atoms with van der Waals surface area (Å²) >= 11 is 0. The number of pyridine rings is 1. The van der Waals surface area contributed by atoms with Crippen molar-refractivity contribution in [3.05, 3.63) is 18.5 Å². The molecule has 0 aromatic carbocycles. The summed E-state index contributed by atoms with van der Waals surface area (Å²) in [6.07, 6.45) is 0.571. The van der Waals surface area contributed by atoms with Gasteiger partial charge in [0, 0.05) is 6.20 Å². The van der Waals surface area contributed by atoms with Crippen LogP contribution < -0.4 is 5.73 Å². The molecule has 0 spiro atoms. The lowest BCUT2D eigenvalue weighted by atomic mass is 10.4. The average Bonchev–Trinajstić information content (AvgIpc) is 2.43. The highest BCUT2D eigenvalue weighted by atomic mass is 19.3. The fourth-order valence-electron chi connectivity index (χ4n) is 1.33. The van der Waals surface area contributed by atoms with Crippen molar-refractivity contribution in [1.29, 1.82) is 0 Å². The third-order valence-corrected chi connectivity index (χ3v) is 1.90. The van der Waals surface area contributed by atoms with Crippen molar-refractivity contribution in [2.45, 2.75) is 13.0 Å². The van der Waals surface area contributed by atoms with Gasteiger partial charge in [-0.05, 0) is 6.07 Å². The monoisotopic (exact) mass is 198 g/mol. The Morgan fingerprint density at radius 3 is 3.00 bits per heavy atom. The number of halogens is 2. The lowest BCUT2D eigenvalue weighted by molar-refractivity contribution is 0.128. The second kappa shape index (κ2) is 3.21. The number of hydrogen-bond acceptors (Lipinski definition) is 3. The first-order chi connectivity index (χ1) is 6.68. The number of rotatable bonds is 2. The fraction of sp³-hybridized carbons (Fsp3) is 0.250. The summed E-state index contributed by atoms with van der Waals surface area (Å²) in [7, 11) is 0. The van der Waals surface area contributed by atoms with E-state index >= 15 is 0 Å². The van der Waals surface area contributed by atoms with E-state index in [1.807, 2.05) is 0 Å². The van der Waals surface area contributed by atoms with Gasteiger partial charge in [-0.2, -0.15) is 0 Å². The molecule has 0 bridgehead atoms. The van der Waals surface area contributed by atoms with E-state index in [0.29, 0.717) is 11.0 Å². The molecule has 0 aliphatic carbocycles. The quantitative estimate of drug-likeness (QED) is 0.790. The number of hydrogen-bond donors (Lipinski definition) is 1. The van der Waals surface area contributed by atoms with E-state index in [9.17, 15) is 8.78 Å². The van der Waals surface area contributed by atoms with E-state index in [4.69, 9.17) is 5.73 Å². The van der Waals surface area contributed by atoms with E-state index in [1.54, 1.807) is 6.07 Å². The Bertz CT molecular complexity index is 452. The lowest BCUT2D eigenvalue weighted by Crippen LogP contribution is -2.09. The van der Waals surface area contributed by atoms with Crippen LogP contribution >= 0.6 is 0 Å². The fourth-order valence-corrected chi connectivity index (χ4v) is 1.33. The molecule has 0 saturated heterocycles. The summed E-state index contributed by atoms with van der Waals surface area (Å²) in [6.45, 7) is -0.438. The summed E-state index contributed by atoms with van der Waals surface area (Å²) in [5, 5.41) is 0. The van der Waals surface area contributed by atoms with Crippen LogP contribution in [0.2, 0.25) is 0 Å². The van der Waals surface area contributed by atoms with Crippen molar-refractivity contribution in [1.82, 2.24) is 14.5 Å². The number of aromatic nitrogens is 3. The minimum absolute atomic E-state index is 0.0910. The van der Waals surface area contributed by atoms with Crippen molar-refractivity contribution in [2.75, 3.05) is 5.73 Å². The predicted octanol–water partition coefficient (Wildman–Crippen LogP) is 1.28. The normalized spacial score (nSPS) is 11.4. The largest absolute Gasteiger partial charge is 0.369 e. The first-order valence-electron chi connectivity index (χ1n) is 4.02. The molecule has 0 unspecified atom stereocenters. The molecule has 2 rings (SSSR count). The number of alkyl halides is 2. The molecular weight excluding hydrogens is 190 g/mol. The number of imidazole rings is 1. The van der Waals surface area contributed by atoms with Gasteiger partial charge in [0.1, 0.15) is 5.52 Å². The van der Waals surface area contributed by atoms with Crippen molar-refractivity contribution >= 4 is 17.0 Å². The number of fused-ring (bicyclic) bond motifs is 1. The summed E-state index contributed by atoms with van der Waals surface area (Å²) in [5.41, 5.74) is 6.61. The molecule has 2 aromatic heterocycles. The Kier molecular flexibility index (Phi) is 2.03. The lowest BCUT2D eigenvalue weighted by Gasteiger charge is -2.04. The molecule has 6 heteroatoms. The van der Waals surface area contributed by atoms with Gasteiger partial charge in [-0.1, -0.05) is 0 Å². The zero-order valence-electron chi connectivity index (χ0n) is 7.19. The molecule has 0 atom stereocenters. The first-order valence-corrected chi connectivity index (χ1v) is 4.02. The van der Waals surface area contributed by atoms with Crippen molar-refractivity contribution < 1.29 is 8.78 Å². The summed E-state index contributed by atoms with van der Waals surface area (Å²) in [5.74, 6) is 0.0910. The molecule has 2 aromatic rings. The third-order valence-electron chi connectivity index (χ3n) is 1.90. The van der Waals surface area contributed by atoms with Gasteiger partial charge in [0.05, 0.1) is 18.3 Å². The highest BCUT2D eigenvalue weighted by molar-refractivity contribution is 5.76. The van der Waals surface area contributed by atoms with Crippen molar-refractivity contribution in [3.8, 4) is 0 Å². The Hall–Kier alpha value is -1.72. The molecule has 0 amide bonds. The van der Waals surface area contributed by atoms with Gasteiger partial charge in [0.15, 0.2) is 0 Å². The molecule has 74 valence electrons. The van der Waals surface area contributed by atoms with Crippen LogP contribution in [0.1, 0.15) is 0 Å². The van der Waals surface area contributed by atoms with Gasteiger partial charge in [-0.25, -0.2) is 13.8 Å². The van der Waals surface area contributed by atoms with E-state index in [2.05, 4.69) is 9.97 Å². The van der Waals surface area contributed by atoms with Gasteiger partial charge in [-0.15, -0.1) is 0 Å². The number of nitrogens with zero attached hydrogens (tertiary/aromatic N) is 3. The van der Waals surface area contributed by atoms with Gasteiger partial charge in [0.2, 0.25) is 5.95 Å². The molecule has 14 heavy (non-hydrogen) atoms. The summed E-state index contributed by atoms with van der Waals surface area (Å²) in [4.78, 5) is 7.74. The van der Waals surface area contributed by atoms with Gasteiger partial charge in [0.25, 0.3) is 6.43 Å². The molecule has 0 fully saturated rings. The molecular formula is C8H8F2N4. The first kappa shape index (κ1) is 8.86. The summed E-state index contributed by atoms with van der Waals surface area (Å²) < 4.78 is 25.7. The maximum absolute atomic E-state index is 12.2. The zero-order chi connectivity index (χ0) is 10.1. The summed E-state index contributed by atoms with van der Waals surface area (Å²) in [6, 6.07) is 1.61. The number of nitrogen functional groups attached to an aromatic ring is 1. The van der Waals surface area contributed by atoms with E-state index in [0.717, 1.165) is 0 Å². The van der Waals surface area contributed by atoms with Crippen LogP contribution in [0.4, 0.5) is 14.7 Å². The molecule has 2 heterocycles. The molecule has 0 aliphatic heterocycles. The van der Waals surface area contributed by atoms with Gasteiger partial charge in [-0.3, -0.25) is 4.98 Å². The molecule has 2 N–H and O–H groups in total. The average molecular weight is 198 g/mol. The SMILES string of the molecule is Nc1nc2cnccc2n1CC(F)F. The minimum Gasteiger partial charge on any atom is -0.369 e. The van der Waals surface area contributed by atoms with Crippen molar-refractivity contribution in [3.63, 3.8) is 0 Å². The number of nitrogens with two attached hydrogens (primary N) is 1. The van der Waals surface area contributed by atoms with E-state index < -0.39 is 13.0 Å². The van der Waals surface area contributed by atoms with Crippen LogP contribution in [0.25, 0.3) is 11.0 Å². The standard InChI is InChI=1S/C8H8F2N4/c9-7(10)4-14-6-1-2-12-3-5(6)13-8(14)11/h1-3,7H,4H2,(H2,11,13). The van der Waals surface area contributed by atoms with Crippen LogP contribution in [0.15, 0.2) is 18.5 Å². The van der Waals surface area contributed by atoms with Crippen LogP contribution in [0.3, 0.4) is 0 Å². The van der Waals surface area contributed by atoms with Crippen LogP contribution in [-0.4, -0.2) is 21.0 Å². The highest BCUT2D eigenvalue weighted by Gasteiger charge is 2.11. The molecule has 0 radical (unpaired) electrons. The smallest absolute Gasteiger partial charge is 0.256 e. The molecule has 0 saturated carbocycles. The third kappa shape index (κ3) is 1.39. The maximum Gasteiger partial charge on any atom is 0.256 e. The zero-order valence-corrected chi connectivity index (χ0v) is 7.19. The van der Waals surface area contributed by atoms with Gasteiger partial charge < -0.3 is 10.3 Å². The predicted molar refractivity (Wildman–Crippen MR) is 47.9 cm³/mol. The molecule has 0 aliphatic rings. The minimum atomic E-state index is -2.44. The Balaban J connectivity index is 2.56. The molecule has 4 nitrogen and oxygen atoms in total. The van der Waals surface area contributed by atoms with E-state index in [1.165, 1.54) is 17.0 Å². The second-order valence-corrected chi connectivity index (χ2v) is 2.84. The Labute approximate surface area is 78.4 Å². The highest BCUT2D eigenvalue weighted by Crippen LogP contribution is 2.17. The van der Waals surface area contributed by atoms with Crippen LogP contribution in [-0.2, 0) is 6.54 Å². The Morgan fingerprint density at radius 1 is 1.50 bits per heavy atom. The van der Waals surface area contributed by atoms with Crippen molar-refractivity contribution in [2.24, 2.45) is 0 Å². The maximum atomic E-state index is 12.2. The Morgan fingerprint density at radius 2 is 2.29 bits per heavy atom. The van der Waals surface area contributed by atoms with Gasteiger partial charge >= 0.3 is 0 Å². The number of anilines is 1. The topological polar surface area (TPSA) is 56.7 Å².